The van der Waals surface area contributed by atoms with Crippen molar-refractivity contribution in [3.05, 3.63) is 193 Å². The zero-order valence-electron chi connectivity index (χ0n) is 28.5. The van der Waals surface area contributed by atoms with Crippen LogP contribution in [0.1, 0.15) is 23.6 Å². The van der Waals surface area contributed by atoms with Gasteiger partial charge in [0.25, 0.3) is 0 Å². The van der Waals surface area contributed by atoms with Crippen molar-refractivity contribution in [1.82, 2.24) is 9.55 Å². The first-order valence-corrected chi connectivity index (χ1v) is 17.9. The van der Waals surface area contributed by atoms with E-state index in [2.05, 4.69) is 187 Å². The molecule has 0 saturated carbocycles. The van der Waals surface area contributed by atoms with Crippen LogP contribution in [0.25, 0.3) is 83.1 Å². The van der Waals surface area contributed by atoms with Crippen LogP contribution in [0.3, 0.4) is 0 Å². The van der Waals surface area contributed by atoms with E-state index in [4.69, 9.17) is 9.40 Å². The third-order valence-corrected chi connectivity index (χ3v) is 11.3. The van der Waals surface area contributed by atoms with E-state index in [1.54, 1.807) is 0 Å². The second-order valence-electron chi connectivity index (χ2n) is 14.1. The summed E-state index contributed by atoms with van der Waals surface area (Å²) in [7, 11) is 0. The average Bonchev–Trinajstić information content (AvgIpc) is 3.83. The molecule has 0 aliphatic heterocycles. The van der Waals surface area contributed by atoms with Crippen molar-refractivity contribution in [2.45, 2.75) is 12.3 Å². The fraction of sp³-hybridized carbons (Fsp3) is 0.0408. The topological polar surface area (TPSA) is 31.0 Å². The van der Waals surface area contributed by atoms with Crippen LogP contribution in [0.15, 0.2) is 180 Å². The van der Waals surface area contributed by atoms with Crippen LogP contribution in [0.5, 0.6) is 0 Å². The van der Waals surface area contributed by atoms with Crippen molar-refractivity contribution in [3.8, 4) is 39.3 Å². The van der Waals surface area contributed by atoms with Crippen LogP contribution in [0.4, 0.5) is 0 Å². The SMILES string of the molecule is CC1(c2ccccc2)c2ccccc2-c2c1ccc1c2oc2cc3c4ccccc4n(-c4cc(-c5ccccc5)cc(-c5ccccc5)n4)c3cc21. The van der Waals surface area contributed by atoms with Gasteiger partial charge < -0.3 is 4.42 Å². The van der Waals surface area contributed by atoms with E-state index in [9.17, 15) is 0 Å². The van der Waals surface area contributed by atoms with E-state index in [0.29, 0.717) is 0 Å². The molecule has 0 bridgehead atoms. The lowest BCUT2D eigenvalue weighted by Gasteiger charge is -2.28. The molecule has 11 rings (SSSR count). The molecule has 52 heavy (non-hydrogen) atoms. The van der Waals surface area contributed by atoms with Crippen molar-refractivity contribution in [1.29, 1.82) is 0 Å². The second-order valence-corrected chi connectivity index (χ2v) is 14.1. The summed E-state index contributed by atoms with van der Waals surface area (Å²) in [6.45, 7) is 2.35. The molecule has 0 amide bonds. The van der Waals surface area contributed by atoms with Crippen LogP contribution in [0.2, 0.25) is 0 Å². The summed E-state index contributed by atoms with van der Waals surface area (Å²) < 4.78 is 9.31. The zero-order chi connectivity index (χ0) is 34.4. The first kappa shape index (κ1) is 29.1. The first-order valence-electron chi connectivity index (χ1n) is 17.9. The van der Waals surface area contributed by atoms with E-state index in [1.165, 1.54) is 33.2 Å². The smallest absolute Gasteiger partial charge is 0.143 e. The van der Waals surface area contributed by atoms with E-state index in [0.717, 1.165) is 66.6 Å². The Hall–Kier alpha value is -6.71. The highest BCUT2D eigenvalue weighted by molar-refractivity contribution is 6.19. The zero-order valence-corrected chi connectivity index (χ0v) is 28.5. The molecule has 0 saturated heterocycles. The van der Waals surface area contributed by atoms with Crippen molar-refractivity contribution >= 4 is 43.7 Å². The lowest BCUT2D eigenvalue weighted by atomic mass is 9.74. The molecule has 1 atom stereocenters. The van der Waals surface area contributed by atoms with E-state index in [1.807, 2.05) is 0 Å². The van der Waals surface area contributed by atoms with Crippen LogP contribution >= 0.6 is 0 Å². The van der Waals surface area contributed by atoms with Gasteiger partial charge in [-0.25, -0.2) is 4.98 Å². The minimum atomic E-state index is -0.288. The number of para-hydroxylation sites is 1. The normalized spacial score (nSPS) is 15.1. The number of hydrogen-bond donors (Lipinski definition) is 0. The summed E-state index contributed by atoms with van der Waals surface area (Å²) in [5.74, 6) is 0.881. The van der Waals surface area contributed by atoms with Gasteiger partial charge in [0.05, 0.1) is 16.7 Å². The quantitative estimate of drug-likeness (QED) is 0.187. The number of nitrogens with zero attached hydrogens (tertiary/aromatic N) is 2. The lowest BCUT2D eigenvalue weighted by molar-refractivity contribution is 0.668. The van der Waals surface area contributed by atoms with Gasteiger partial charge in [0.15, 0.2) is 0 Å². The minimum absolute atomic E-state index is 0.288. The Labute approximate surface area is 301 Å². The highest BCUT2D eigenvalue weighted by Crippen LogP contribution is 2.55. The van der Waals surface area contributed by atoms with Gasteiger partial charge in [0.1, 0.15) is 17.0 Å². The fourth-order valence-corrected chi connectivity index (χ4v) is 8.78. The lowest BCUT2D eigenvalue weighted by Crippen LogP contribution is -2.22. The largest absolute Gasteiger partial charge is 0.455 e. The monoisotopic (exact) mass is 664 g/mol. The van der Waals surface area contributed by atoms with Crippen molar-refractivity contribution in [3.63, 3.8) is 0 Å². The number of pyridine rings is 1. The Morgan fingerprint density at radius 2 is 1.19 bits per heavy atom. The van der Waals surface area contributed by atoms with Crippen LogP contribution in [-0.2, 0) is 5.41 Å². The molecule has 0 radical (unpaired) electrons. The molecule has 10 aromatic rings. The fourth-order valence-electron chi connectivity index (χ4n) is 8.78. The number of furan rings is 1. The molecule has 3 heteroatoms. The summed E-state index contributed by atoms with van der Waals surface area (Å²) in [5, 5.41) is 4.53. The van der Waals surface area contributed by atoms with Gasteiger partial charge in [-0.3, -0.25) is 4.57 Å². The number of benzene rings is 7. The van der Waals surface area contributed by atoms with Gasteiger partial charge in [-0.2, -0.15) is 0 Å². The molecule has 1 aliphatic rings. The Kier molecular flexibility index (Phi) is 6.09. The van der Waals surface area contributed by atoms with Gasteiger partial charge in [0, 0.05) is 38.1 Å². The van der Waals surface area contributed by atoms with Crippen molar-refractivity contribution < 1.29 is 4.42 Å². The minimum Gasteiger partial charge on any atom is -0.455 e. The number of hydrogen-bond acceptors (Lipinski definition) is 2. The van der Waals surface area contributed by atoms with E-state index in [-0.39, 0.29) is 5.41 Å². The molecule has 0 N–H and O–H groups in total. The summed E-state index contributed by atoms with van der Waals surface area (Å²) in [6.07, 6.45) is 0. The molecule has 3 heterocycles. The number of rotatable bonds is 4. The molecule has 0 spiro atoms. The van der Waals surface area contributed by atoms with Gasteiger partial charge in [0.2, 0.25) is 0 Å². The predicted molar refractivity (Wildman–Crippen MR) is 214 cm³/mol. The van der Waals surface area contributed by atoms with E-state index >= 15 is 0 Å². The molecule has 1 aliphatic carbocycles. The average molecular weight is 665 g/mol. The highest BCUT2D eigenvalue weighted by atomic mass is 16.3. The predicted octanol–water partition coefficient (Wildman–Crippen LogP) is 12.7. The molecular formula is C49H32N2O. The first-order chi connectivity index (χ1) is 25.7. The summed E-state index contributed by atoms with van der Waals surface area (Å²) in [5.41, 5.74) is 14.4. The highest BCUT2D eigenvalue weighted by Gasteiger charge is 2.42. The Morgan fingerprint density at radius 1 is 0.500 bits per heavy atom. The van der Waals surface area contributed by atoms with Crippen molar-refractivity contribution in [2.75, 3.05) is 0 Å². The third kappa shape index (κ3) is 4.05. The summed E-state index contributed by atoms with van der Waals surface area (Å²) in [6, 6.07) is 63.0. The molecule has 3 nitrogen and oxygen atoms in total. The molecule has 0 fully saturated rings. The number of aromatic nitrogens is 2. The van der Waals surface area contributed by atoms with Gasteiger partial charge >= 0.3 is 0 Å². The maximum absolute atomic E-state index is 6.98. The molecule has 244 valence electrons. The second kappa shape index (κ2) is 10.9. The standard InChI is InChI=1S/C49H32N2O/c1-49(34-19-9-4-10-20-34)40-23-13-11-22-37(40)47-41(49)26-25-36-39-29-44-38(30-45(39)52-48(36)47)35-21-12-14-24-43(35)51(44)46-28-33(31-15-5-2-6-16-31)27-42(50-46)32-17-7-3-8-18-32/h2-30H,1H3. The molecule has 1 unspecified atom stereocenters. The van der Waals surface area contributed by atoms with Crippen molar-refractivity contribution in [2.24, 2.45) is 0 Å². The third-order valence-electron chi connectivity index (χ3n) is 11.3. The van der Waals surface area contributed by atoms with E-state index < -0.39 is 0 Å². The Bertz CT molecular complexity index is 2950. The van der Waals surface area contributed by atoms with Crippen LogP contribution < -0.4 is 0 Å². The van der Waals surface area contributed by atoms with Crippen LogP contribution in [0, 0.1) is 0 Å². The van der Waals surface area contributed by atoms with Gasteiger partial charge in [-0.15, -0.1) is 0 Å². The Balaban J connectivity index is 1.20. The summed E-state index contributed by atoms with van der Waals surface area (Å²) >= 11 is 0. The molecule has 3 aromatic heterocycles. The van der Waals surface area contributed by atoms with Crippen LogP contribution in [-0.4, -0.2) is 9.55 Å². The molecular weight excluding hydrogens is 633 g/mol. The maximum Gasteiger partial charge on any atom is 0.143 e. The molecule has 7 aromatic carbocycles. The number of fused-ring (bicyclic) bond motifs is 10. The van der Waals surface area contributed by atoms with Gasteiger partial charge in [-0.1, -0.05) is 146 Å². The summed E-state index contributed by atoms with van der Waals surface area (Å²) in [4.78, 5) is 5.36. The van der Waals surface area contributed by atoms with Gasteiger partial charge in [-0.05, 0) is 70.6 Å². The Morgan fingerprint density at radius 3 is 2.00 bits per heavy atom. The maximum atomic E-state index is 6.98.